The van der Waals surface area contributed by atoms with Gasteiger partial charge in [0, 0.05) is 42.8 Å². The summed E-state index contributed by atoms with van der Waals surface area (Å²) in [6, 6.07) is 16.4. The quantitative estimate of drug-likeness (QED) is 0.337. The molecule has 9 heteroatoms. The second-order valence-corrected chi connectivity index (χ2v) is 10.5. The number of aryl methyl sites for hydroxylation is 1. The van der Waals surface area contributed by atoms with Crippen LogP contribution in [0.1, 0.15) is 47.6 Å². The van der Waals surface area contributed by atoms with Crippen LogP contribution in [0.2, 0.25) is 0 Å². The lowest BCUT2D eigenvalue weighted by Gasteiger charge is -2.25. The maximum absolute atomic E-state index is 13.9. The average molecular weight is 523 g/mol. The van der Waals surface area contributed by atoms with Crippen LogP contribution in [0.5, 0.6) is 0 Å². The van der Waals surface area contributed by atoms with Gasteiger partial charge in [-0.3, -0.25) is 14.9 Å². The largest absolute Gasteiger partial charge is 0.350 e. The highest BCUT2D eigenvalue weighted by molar-refractivity contribution is 6.08. The first kappa shape index (κ1) is 23.6. The summed E-state index contributed by atoms with van der Waals surface area (Å²) in [5.41, 5.74) is 5.09. The first-order chi connectivity index (χ1) is 18.9. The van der Waals surface area contributed by atoms with Gasteiger partial charge in [-0.05, 0) is 78.8 Å². The number of likely N-dealkylation sites (tertiary alicyclic amines) is 1. The van der Waals surface area contributed by atoms with Crippen molar-refractivity contribution in [2.75, 3.05) is 11.9 Å². The minimum atomic E-state index is -0.278. The van der Waals surface area contributed by atoms with E-state index >= 15 is 0 Å². The number of halogens is 1. The third-order valence-corrected chi connectivity index (χ3v) is 7.84. The number of nitrogens with zero attached hydrogens (tertiary/aromatic N) is 5. The summed E-state index contributed by atoms with van der Waals surface area (Å²) in [5, 5.41) is 8.05. The molecule has 1 saturated heterocycles. The van der Waals surface area contributed by atoms with E-state index in [1.807, 2.05) is 59.2 Å². The van der Waals surface area contributed by atoms with Crippen LogP contribution >= 0.6 is 0 Å². The van der Waals surface area contributed by atoms with Gasteiger partial charge in [0.2, 0.25) is 11.9 Å². The number of nitrogens with one attached hydrogen (secondary N) is 1. The highest BCUT2D eigenvalue weighted by atomic mass is 19.1. The van der Waals surface area contributed by atoms with Crippen LogP contribution in [0.4, 0.5) is 10.3 Å². The van der Waals surface area contributed by atoms with Gasteiger partial charge >= 0.3 is 0 Å². The minimum absolute atomic E-state index is 0.0199. The van der Waals surface area contributed by atoms with Gasteiger partial charge in [-0.1, -0.05) is 18.2 Å². The Morgan fingerprint density at radius 2 is 1.79 bits per heavy atom. The molecule has 0 spiro atoms. The molecule has 2 amide bonds. The van der Waals surface area contributed by atoms with Crippen LogP contribution < -0.4 is 5.32 Å². The lowest BCUT2D eigenvalue weighted by molar-refractivity contribution is -0.117. The van der Waals surface area contributed by atoms with Gasteiger partial charge in [0.05, 0.1) is 11.6 Å². The van der Waals surface area contributed by atoms with Crippen molar-refractivity contribution in [3.63, 3.8) is 0 Å². The van der Waals surface area contributed by atoms with E-state index in [4.69, 9.17) is 0 Å². The number of carbonyl (C=O) groups excluding carboxylic acids is 2. The van der Waals surface area contributed by atoms with Crippen molar-refractivity contribution in [1.82, 2.24) is 24.1 Å². The van der Waals surface area contributed by atoms with E-state index in [2.05, 4.69) is 15.4 Å². The number of aromatic nitrogens is 4. The predicted molar refractivity (Wildman–Crippen MR) is 146 cm³/mol. The molecule has 196 valence electrons. The van der Waals surface area contributed by atoms with E-state index in [-0.39, 0.29) is 29.6 Å². The first-order valence-corrected chi connectivity index (χ1v) is 13.3. The highest BCUT2D eigenvalue weighted by Gasteiger charge is 2.32. The van der Waals surface area contributed by atoms with Crippen molar-refractivity contribution >= 4 is 34.3 Å². The topological polar surface area (TPSA) is 84.5 Å². The number of rotatable bonds is 5. The van der Waals surface area contributed by atoms with Crippen molar-refractivity contribution in [3.05, 3.63) is 83.9 Å². The molecule has 2 fully saturated rings. The third kappa shape index (κ3) is 4.24. The molecule has 39 heavy (non-hydrogen) atoms. The normalized spacial score (nSPS) is 17.3. The van der Waals surface area contributed by atoms with Crippen LogP contribution in [0, 0.1) is 11.7 Å². The highest BCUT2D eigenvalue weighted by Crippen LogP contribution is 2.36. The Balaban J connectivity index is 1.21. The smallest absolute Gasteiger partial charge is 0.256 e. The monoisotopic (exact) mass is 522 g/mol. The van der Waals surface area contributed by atoms with Gasteiger partial charge < -0.3 is 9.47 Å². The Bertz CT molecular complexity index is 1750. The van der Waals surface area contributed by atoms with Crippen molar-refractivity contribution in [2.24, 2.45) is 13.0 Å². The molecule has 7 rings (SSSR count). The molecule has 3 aromatic heterocycles. The summed E-state index contributed by atoms with van der Waals surface area (Å²) in [4.78, 5) is 32.4. The van der Waals surface area contributed by atoms with E-state index in [1.165, 1.54) is 12.1 Å². The van der Waals surface area contributed by atoms with Gasteiger partial charge in [-0.15, -0.1) is 5.10 Å². The fourth-order valence-electron chi connectivity index (χ4n) is 5.61. The lowest BCUT2D eigenvalue weighted by atomic mass is 10.0. The molecule has 2 aromatic carbocycles. The van der Waals surface area contributed by atoms with E-state index < -0.39 is 0 Å². The molecule has 1 atom stereocenters. The standard InChI is InChI=1S/C30H27FN6O2/c1-35-17-24(29(39)36-13-2-3-25(36)18-6-9-22(31)10-7-18)23-15-20(8-11-26(23)35)21-12-14-37-27(16-21)32-30(34-37)33-28(38)19-4-5-19/h6-12,14-17,19,25H,2-5,13H2,1H3,(H,33,34,38)/t25-/m0/s1. The molecular formula is C30H27FN6O2. The van der Waals surface area contributed by atoms with Crippen LogP contribution in [0.3, 0.4) is 0 Å². The van der Waals surface area contributed by atoms with E-state index in [9.17, 15) is 14.0 Å². The second-order valence-electron chi connectivity index (χ2n) is 10.5. The summed E-state index contributed by atoms with van der Waals surface area (Å²) in [6.07, 6.45) is 7.32. The number of hydrogen-bond acceptors (Lipinski definition) is 4. The summed E-state index contributed by atoms with van der Waals surface area (Å²) >= 11 is 0. The van der Waals surface area contributed by atoms with Crippen LogP contribution in [0.25, 0.3) is 27.7 Å². The lowest BCUT2D eigenvalue weighted by Crippen LogP contribution is -2.30. The van der Waals surface area contributed by atoms with E-state index in [0.717, 1.165) is 53.3 Å². The Labute approximate surface area is 224 Å². The summed E-state index contributed by atoms with van der Waals surface area (Å²) in [7, 11) is 1.94. The van der Waals surface area contributed by atoms with Crippen molar-refractivity contribution in [3.8, 4) is 11.1 Å². The van der Waals surface area contributed by atoms with Crippen LogP contribution in [-0.2, 0) is 11.8 Å². The van der Waals surface area contributed by atoms with Gasteiger partial charge in [0.25, 0.3) is 5.91 Å². The van der Waals surface area contributed by atoms with Crippen molar-refractivity contribution in [1.29, 1.82) is 0 Å². The minimum Gasteiger partial charge on any atom is -0.350 e. The molecule has 4 heterocycles. The molecule has 8 nitrogen and oxygen atoms in total. The first-order valence-electron chi connectivity index (χ1n) is 13.3. The number of hydrogen-bond donors (Lipinski definition) is 1. The molecule has 5 aromatic rings. The average Bonchev–Trinajstić information content (AvgIpc) is 3.40. The number of benzene rings is 2. The molecule has 0 bridgehead atoms. The molecule has 0 unspecified atom stereocenters. The van der Waals surface area contributed by atoms with Gasteiger partial charge in [-0.25, -0.2) is 8.91 Å². The summed E-state index contributed by atoms with van der Waals surface area (Å²) in [5.74, 6) is 0.0517. The van der Waals surface area contributed by atoms with Gasteiger partial charge in [0.15, 0.2) is 5.65 Å². The Morgan fingerprint density at radius 1 is 1.00 bits per heavy atom. The van der Waals surface area contributed by atoms with Crippen molar-refractivity contribution < 1.29 is 14.0 Å². The fraction of sp³-hybridized carbons (Fsp3) is 0.267. The maximum Gasteiger partial charge on any atom is 0.256 e. The molecule has 0 radical (unpaired) electrons. The fourth-order valence-corrected chi connectivity index (χ4v) is 5.61. The SMILES string of the molecule is Cn1cc(C(=O)N2CCC[C@H]2c2ccc(F)cc2)c2cc(-c3ccn4nc(NC(=O)C5CC5)nc4c3)ccc21. The summed E-state index contributed by atoms with van der Waals surface area (Å²) < 4.78 is 17.1. The Kier molecular flexibility index (Phi) is 5.47. The summed E-state index contributed by atoms with van der Waals surface area (Å²) in [6.45, 7) is 0.667. The Morgan fingerprint density at radius 3 is 2.59 bits per heavy atom. The molecular weight excluding hydrogens is 495 g/mol. The van der Waals surface area contributed by atoms with Crippen LogP contribution in [0.15, 0.2) is 67.0 Å². The third-order valence-electron chi connectivity index (χ3n) is 7.84. The zero-order chi connectivity index (χ0) is 26.7. The van der Waals surface area contributed by atoms with Crippen LogP contribution in [-0.4, -0.2) is 42.4 Å². The number of carbonyl (C=O) groups is 2. The molecule has 1 N–H and O–H groups in total. The molecule has 2 aliphatic rings. The van der Waals surface area contributed by atoms with Gasteiger partial charge in [-0.2, -0.15) is 4.98 Å². The maximum atomic E-state index is 13.9. The zero-order valence-corrected chi connectivity index (χ0v) is 21.5. The number of anilines is 1. The van der Waals surface area contributed by atoms with E-state index in [1.54, 1.807) is 16.6 Å². The number of amides is 2. The molecule has 1 aliphatic carbocycles. The number of fused-ring (bicyclic) bond motifs is 2. The predicted octanol–water partition coefficient (Wildman–Crippen LogP) is 5.35. The van der Waals surface area contributed by atoms with Crippen molar-refractivity contribution in [2.45, 2.75) is 31.7 Å². The molecule has 1 saturated carbocycles. The molecule has 1 aliphatic heterocycles. The number of pyridine rings is 1. The van der Waals surface area contributed by atoms with E-state index in [0.29, 0.717) is 23.7 Å². The van der Waals surface area contributed by atoms with Gasteiger partial charge in [0.1, 0.15) is 5.82 Å². The Hall–Kier alpha value is -4.53. The second kappa shape index (κ2) is 9.04. The zero-order valence-electron chi connectivity index (χ0n) is 21.5.